The number of ether oxygens (including phenoxy) is 1. The van der Waals surface area contributed by atoms with Crippen molar-refractivity contribution in [2.24, 2.45) is 0 Å². The molecule has 0 N–H and O–H groups in total. The van der Waals surface area contributed by atoms with E-state index in [-0.39, 0.29) is 0 Å². The van der Waals surface area contributed by atoms with Crippen LogP contribution < -0.4 is 4.74 Å². The average Bonchev–Trinajstić information content (AvgIpc) is 3.01. The minimum atomic E-state index is -1.57. The number of fused-ring (bicyclic) bond motifs is 1. The zero-order valence-corrected chi connectivity index (χ0v) is 19.1. The maximum absolute atomic E-state index is 6.24. The highest BCUT2D eigenvalue weighted by Crippen LogP contribution is 2.36. The third-order valence-corrected chi connectivity index (χ3v) is 5.89. The van der Waals surface area contributed by atoms with Crippen LogP contribution in [0.1, 0.15) is 82.3 Å². The van der Waals surface area contributed by atoms with Gasteiger partial charge in [-0.3, -0.25) is 0 Å². The van der Waals surface area contributed by atoms with Gasteiger partial charge >= 0.3 is 0 Å². The van der Waals surface area contributed by atoms with E-state index in [9.17, 15) is 0 Å². The first-order valence-electron chi connectivity index (χ1n) is 11.2. The van der Waals surface area contributed by atoms with Crippen LogP contribution in [0.3, 0.4) is 0 Å². The van der Waals surface area contributed by atoms with Gasteiger partial charge in [0.15, 0.2) is 0 Å². The zero-order valence-electron chi connectivity index (χ0n) is 18.1. The zero-order chi connectivity index (χ0) is 19.5. The van der Waals surface area contributed by atoms with E-state index in [1.165, 1.54) is 68.9 Å². The predicted molar refractivity (Wildman–Crippen MR) is 120 cm³/mol. The third-order valence-electron chi connectivity index (χ3n) is 5.06. The van der Waals surface area contributed by atoms with Crippen LogP contribution in [0.25, 0.3) is 5.76 Å². The van der Waals surface area contributed by atoms with Gasteiger partial charge in [-0.2, -0.15) is 0 Å². The number of unbranched alkanes of at least 4 members (excludes halogenated alkanes) is 9. The Kier molecular flexibility index (Phi) is 9.47. The SMILES string of the molecule is CCCCCCCCCCCCOc1cccc2c1CC=C2O[Si](C)(C)C. The second-order valence-corrected chi connectivity index (χ2v) is 13.2. The molecule has 1 aliphatic carbocycles. The molecule has 0 saturated heterocycles. The molecule has 0 fully saturated rings. The summed E-state index contributed by atoms with van der Waals surface area (Å²) in [5.41, 5.74) is 2.54. The van der Waals surface area contributed by atoms with E-state index in [0.717, 1.165) is 31.0 Å². The van der Waals surface area contributed by atoms with Crippen LogP contribution in [0.4, 0.5) is 0 Å². The van der Waals surface area contributed by atoms with Gasteiger partial charge in [-0.1, -0.05) is 76.8 Å². The van der Waals surface area contributed by atoms with Gasteiger partial charge in [0.05, 0.1) is 6.61 Å². The van der Waals surface area contributed by atoms with Gasteiger partial charge < -0.3 is 9.16 Å². The molecule has 3 heteroatoms. The van der Waals surface area contributed by atoms with Crippen molar-refractivity contribution in [2.45, 2.75) is 97.2 Å². The fourth-order valence-corrected chi connectivity index (χ4v) is 4.50. The Labute approximate surface area is 168 Å². The van der Waals surface area contributed by atoms with Crippen molar-refractivity contribution in [3.05, 3.63) is 35.4 Å². The normalized spacial score (nSPS) is 13.4. The summed E-state index contributed by atoms with van der Waals surface area (Å²) in [5.74, 6) is 2.11. The van der Waals surface area contributed by atoms with Crippen molar-refractivity contribution >= 4 is 14.1 Å². The lowest BCUT2D eigenvalue weighted by Crippen LogP contribution is -2.24. The highest BCUT2D eigenvalue weighted by molar-refractivity contribution is 6.70. The highest BCUT2D eigenvalue weighted by Gasteiger charge is 2.24. The molecular weight excluding hydrogens is 348 g/mol. The van der Waals surface area contributed by atoms with Crippen molar-refractivity contribution in [3.63, 3.8) is 0 Å². The monoisotopic (exact) mass is 388 g/mol. The van der Waals surface area contributed by atoms with E-state index in [1.54, 1.807) is 0 Å². The number of hydrogen-bond acceptors (Lipinski definition) is 2. The standard InChI is InChI=1S/C24H40O2Si/c1-5-6-7-8-9-10-11-12-13-14-20-25-23-17-15-16-21-22(23)18-19-24(21)26-27(2,3)4/h15-17,19H,5-14,18,20H2,1-4H3. The molecule has 27 heavy (non-hydrogen) atoms. The summed E-state index contributed by atoms with van der Waals surface area (Å²) >= 11 is 0. The first-order chi connectivity index (χ1) is 13.0. The van der Waals surface area contributed by atoms with Gasteiger partial charge in [-0.25, -0.2) is 0 Å². The molecular formula is C24H40O2Si. The molecule has 1 aromatic carbocycles. The van der Waals surface area contributed by atoms with Gasteiger partial charge in [0.1, 0.15) is 11.5 Å². The van der Waals surface area contributed by atoms with Crippen LogP contribution in [0, 0.1) is 0 Å². The predicted octanol–water partition coefficient (Wildman–Crippen LogP) is 7.73. The number of rotatable bonds is 14. The van der Waals surface area contributed by atoms with E-state index >= 15 is 0 Å². The molecule has 2 nitrogen and oxygen atoms in total. The second-order valence-electron chi connectivity index (χ2n) is 8.80. The molecule has 0 atom stereocenters. The summed E-state index contributed by atoms with van der Waals surface area (Å²) < 4.78 is 12.4. The summed E-state index contributed by atoms with van der Waals surface area (Å²) in [6.45, 7) is 9.81. The Balaban J connectivity index is 1.63. The van der Waals surface area contributed by atoms with Gasteiger partial charge in [-0.05, 0) is 44.6 Å². The van der Waals surface area contributed by atoms with Crippen LogP contribution >= 0.6 is 0 Å². The highest BCUT2D eigenvalue weighted by atomic mass is 28.4. The minimum absolute atomic E-state index is 0.831. The Morgan fingerprint density at radius 1 is 0.852 bits per heavy atom. The molecule has 0 spiro atoms. The van der Waals surface area contributed by atoms with Crippen molar-refractivity contribution in [2.75, 3.05) is 6.61 Å². The summed E-state index contributed by atoms with van der Waals surface area (Å²) in [4.78, 5) is 0. The van der Waals surface area contributed by atoms with E-state index in [0.29, 0.717) is 0 Å². The molecule has 0 aromatic heterocycles. The van der Waals surface area contributed by atoms with Crippen molar-refractivity contribution in [1.82, 2.24) is 0 Å². The first-order valence-corrected chi connectivity index (χ1v) is 14.6. The Bertz CT molecular complexity index is 587. The maximum Gasteiger partial charge on any atom is 0.242 e. The smallest absolute Gasteiger partial charge is 0.242 e. The lowest BCUT2D eigenvalue weighted by Gasteiger charge is -2.21. The van der Waals surface area contributed by atoms with E-state index in [1.807, 2.05) is 0 Å². The molecule has 0 amide bonds. The third kappa shape index (κ3) is 8.12. The lowest BCUT2D eigenvalue weighted by molar-refractivity contribution is 0.302. The maximum atomic E-state index is 6.24. The van der Waals surface area contributed by atoms with Crippen LogP contribution in [-0.2, 0) is 10.8 Å². The van der Waals surface area contributed by atoms with Gasteiger partial charge in [0.2, 0.25) is 8.32 Å². The minimum Gasteiger partial charge on any atom is -0.544 e. The van der Waals surface area contributed by atoms with Gasteiger partial charge in [-0.15, -0.1) is 0 Å². The van der Waals surface area contributed by atoms with E-state index in [4.69, 9.17) is 9.16 Å². The molecule has 1 aromatic rings. The summed E-state index contributed by atoms with van der Waals surface area (Å²) in [6.07, 6.45) is 16.7. The molecule has 0 bridgehead atoms. The number of allylic oxidation sites excluding steroid dienone is 1. The molecule has 0 saturated carbocycles. The van der Waals surface area contributed by atoms with Crippen LogP contribution in [0.5, 0.6) is 5.75 Å². The fourth-order valence-electron chi connectivity index (χ4n) is 3.65. The van der Waals surface area contributed by atoms with Crippen LogP contribution in [-0.4, -0.2) is 14.9 Å². The Morgan fingerprint density at radius 3 is 2.11 bits per heavy atom. The van der Waals surface area contributed by atoms with Crippen molar-refractivity contribution in [3.8, 4) is 5.75 Å². The van der Waals surface area contributed by atoms with Crippen LogP contribution in [0.15, 0.2) is 24.3 Å². The molecule has 0 radical (unpaired) electrons. The quantitative estimate of drug-likeness (QED) is 0.240. The Hall–Kier alpha value is -1.22. The largest absolute Gasteiger partial charge is 0.544 e. The lowest BCUT2D eigenvalue weighted by atomic mass is 10.1. The first kappa shape index (κ1) is 22.1. The molecule has 0 heterocycles. The Morgan fingerprint density at radius 2 is 1.48 bits per heavy atom. The summed E-state index contributed by atoms with van der Waals surface area (Å²) in [5, 5.41) is 0. The average molecular weight is 389 g/mol. The van der Waals surface area contributed by atoms with Gasteiger partial charge in [0.25, 0.3) is 0 Å². The molecule has 0 aliphatic heterocycles. The fraction of sp³-hybridized carbons (Fsp3) is 0.667. The van der Waals surface area contributed by atoms with Crippen molar-refractivity contribution < 1.29 is 9.16 Å². The number of benzene rings is 1. The summed E-state index contributed by atoms with van der Waals surface area (Å²) in [7, 11) is -1.57. The van der Waals surface area contributed by atoms with Crippen molar-refractivity contribution in [1.29, 1.82) is 0 Å². The van der Waals surface area contributed by atoms with E-state index < -0.39 is 8.32 Å². The molecule has 2 rings (SSSR count). The van der Waals surface area contributed by atoms with Gasteiger partial charge in [0, 0.05) is 11.1 Å². The number of hydrogen-bond donors (Lipinski definition) is 0. The molecule has 1 aliphatic rings. The second kappa shape index (κ2) is 11.6. The molecule has 0 unspecified atom stereocenters. The van der Waals surface area contributed by atoms with E-state index in [2.05, 4.69) is 50.8 Å². The molecule has 152 valence electrons. The summed E-state index contributed by atoms with van der Waals surface area (Å²) in [6, 6.07) is 6.38. The topological polar surface area (TPSA) is 18.5 Å². The van der Waals surface area contributed by atoms with Crippen LogP contribution in [0.2, 0.25) is 19.6 Å².